The first-order valence-electron chi connectivity index (χ1n) is 9.19. The van der Waals surface area contributed by atoms with Crippen LogP contribution < -0.4 is 10.2 Å². The highest BCUT2D eigenvalue weighted by Gasteiger charge is 2.44. The van der Waals surface area contributed by atoms with Crippen LogP contribution in [0.5, 0.6) is 0 Å². The maximum atomic E-state index is 14.2. The van der Waals surface area contributed by atoms with E-state index in [0.29, 0.717) is 18.8 Å². The molecule has 1 aliphatic rings. The quantitative estimate of drug-likeness (QED) is 0.762. The number of nitrogens with zero attached hydrogens (tertiary/aromatic N) is 5. The Hall–Kier alpha value is -2.69. The van der Waals surface area contributed by atoms with E-state index in [0.717, 1.165) is 24.2 Å². The molecule has 2 aromatic heterocycles. The van der Waals surface area contributed by atoms with Gasteiger partial charge >= 0.3 is 5.92 Å². The molecule has 2 aromatic rings. The van der Waals surface area contributed by atoms with Gasteiger partial charge in [0, 0.05) is 44.8 Å². The van der Waals surface area contributed by atoms with Gasteiger partial charge in [-0.05, 0) is 31.4 Å². The Bertz CT molecular complexity index is 845. The van der Waals surface area contributed by atoms with Gasteiger partial charge in [0.15, 0.2) is 16.5 Å². The normalized spacial score (nSPS) is 17.1. The van der Waals surface area contributed by atoms with Crippen LogP contribution in [-0.2, 0) is 10.7 Å². The smallest absolute Gasteiger partial charge is 0.361 e. The van der Waals surface area contributed by atoms with E-state index in [1.165, 1.54) is 11.6 Å². The number of hydrogen-bond acceptors (Lipinski definition) is 7. The molecule has 1 fully saturated rings. The van der Waals surface area contributed by atoms with E-state index < -0.39 is 16.8 Å². The topological polar surface area (TPSA) is 91.3 Å². The number of carbonyl (C=O) groups excluding carboxylic acids is 2. The van der Waals surface area contributed by atoms with Gasteiger partial charge in [-0.25, -0.2) is 4.98 Å². The molecule has 8 nitrogen and oxygen atoms in total. The average molecular weight is 424 g/mol. The summed E-state index contributed by atoms with van der Waals surface area (Å²) in [5, 5.41) is 11.1. The predicted molar refractivity (Wildman–Crippen MR) is 104 cm³/mol. The Labute approximate surface area is 170 Å². The fourth-order valence-corrected chi connectivity index (χ4v) is 3.72. The molecule has 0 saturated carbocycles. The molecule has 0 bridgehead atoms. The number of nitrogens with one attached hydrogen (secondary N) is 1. The Kier molecular flexibility index (Phi) is 6.36. The van der Waals surface area contributed by atoms with Crippen molar-refractivity contribution in [3.8, 4) is 0 Å². The lowest BCUT2D eigenvalue weighted by atomic mass is 10.0. The van der Waals surface area contributed by atoms with Crippen LogP contribution in [0.1, 0.15) is 34.8 Å². The SMILES string of the molecule is CN(C)c1ccc(C(=O)N2CCCCC2CNC(=O)C(F)(F)c2nccs2)nn1. The van der Waals surface area contributed by atoms with Crippen LogP contribution in [0.2, 0.25) is 0 Å². The molecule has 0 radical (unpaired) electrons. The van der Waals surface area contributed by atoms with E-state index in [2.05, 4.69) is 20.5 Å². The van der Waals surface area contributed by atoms with Crippen LogP contribution in [0.25, 0.3) is 0 Å². The van der Waals surface area contributed by atoms with Gasteiger partial charge in [-0.3, -0.25) is 9.59 Å². The molecule has 0 aromatic carbocycles. The summed E-state index contributed by atoms with van der Waals surface area (Å²) < 4.78 is 28.4. The van der Waals surface area contributed by atoms with Crippen LogP contribution in [0.15, 0.2) is 23.7 Å². The second kappa shape index (κ2) is 8.76. The zero-order chi connectivity index (χ0) is 21.0. The van der Waals surface area contributed by atoms with Crippen molar-refractivity contribution in [1.82, 2.24) is 25.4 Å². The molecule has 1 unspecified atom stereocenters. The maximum Gasteiger partial charge on any atom is 0.375 e. The lowest BCUT2D eigenvalue weighted by molar-refractivity contribution is -0.147. The number of rotatable bonds is 6. The number of alkyl halides is 2. The summed E-state index contributed by atoms with van der Waals surface area (Å²) >= 11 is 0.720. The highest BCUT2D eigenvalue weighted by atomic mass is 32.1. The number of aromatic nitrogens is 3. The number of piperidine rings is 1. The van der Waals surface area contributed by atoms with E-state index in [-0.39, 0.29) is 24.2 Å². The number of carbonyl (C=O) groups is 2. The highest BCUT2D eigenvalue weighted by molar-refractivity contribution is 7.09. The summed E-state index contributed by atoms with van der Waals surface area (Å²) in [5.74, 6) is -4.83. The molecule has 0 spiro atoms. The van der Waals surface area contributed by atoms with Gasteiger partial charge in [-0.2, -0.15) is 8.78 Å². The maximum absolute atomic E-state index is 14.2. The zero-order valence-corrected chi connectivity index (χ0v) is 17.0. The van der Waals surface area contributed by atoms with Crippen LogP contribution >= 0.6 is 11.3 Å². The fraction of sp³-hybridized carbons (Fsp3) is 0.500. The Balaban J connectivity index is 1.66. The standard InChI is InChI=1S/C18H22F2N6O2S/c1-25(2)14-7-6-13(23-24-14)15(27)26-9-4-3-5-12(26)11-22-16(28)18(19,20)17-21-8-10-29-17/h6-8,10,12H,3-5,9,11H2,1-2H3,(H,22,28). The summed E-state index contributed by atoms with van der Waals surface area (Å²) in [4.78, 5) is 31.8. The summed E-state index contributed by atoms with van der Waals surface area (Å²) in [6.45, 7) is 0.411. The molecular weight excluding hydrogens is 402 g/mol. The average Bonchev–Trinajstić information content (AvgIpc) is 3.27. The molecule has 3 heterocycles. The van der Waals surface area contributed by atoms with Crippen LogP contribution in [0.3, 0.4) is 0 Å². The second-order valence-electron chi connectivity index (χ2n) is 6.94. The molecule has 29 heavy (non-hydrogen) atoms. The van der Waals surface area contributed by atoms with E-state index in [1.807, 2.05) is 14.1 Å². The first kappa shape index (κ1) is 21.0. The Morgan fingerprint density at radius 1 is 1.31 bits per heavy atom. The molecule has 0 aliphatic carbocycles. The molecule has 2 amide bonds. The van der Waals surface area contributed by atoms with Gasteiger partial charge in [-0.1, -0.05) is 0 Å². The number of amides is 2. The summed E-state index contributed by atoms with van der Waals surface area (Å²) in [6.07, 6.45) is 3.48. The van der Waals surface area contributed by atoms with Gasteiger partial charge in [0.05, 0.1) is 0 Å². The first-order valence-corrected chi connectivity index (χ1v) is 10.1. The number of anilines is 1. The third kappa shape index (κ3) is 4.66. The number of thiazole rings is 1. The molecule has 3 rings (SSSR count). The fourth-order valence-electron chi connectivity index (χ4n) is 3.10. The minimum absolute atomic E-state index is 0.0608. The second-order valence-corrected chi connectivity index (χ2v) is 7.84. The van der Waals surface area contributed by atoms with Crippen molar-refractivity contribution in [2.24, 2.45) is 0 Å². The molecule has 1 saturated heterocycles. The molecule has 1 atom stereocenters. The van der Waals surface area contributed by atoms with E-state index in [9.17, 15) is 18.4 Å². The van der Waals surface area contributed by atoms with Gasteiger partial charge < -0.3 is 15.1 Å². The van der Waals surface area contributed by atoms with Crippen molar-refractivity contribution in [3.63, 3.8) is 0 Å². The third-order valence-electron chi connectivity index (χ3n) is 4.70. The number of halogens is 2. The first-order chi connectivity index (χ1) is 13.8. The molecule has 1 N–H and O–H groups in total. The monoisotopic (exact) mass is 424 g/mol. The largest absolute Gasteiger partial charge is 0.375 e. The molecular formula is C18H22F2N6O2S. The minimum atomic E-state index is -3.70. The van der Waals surface area contributed by atoms with Crippen molar-refractivity contribution in [1.29, 1.82) is 0 Å². The van der Waals surface area contributed by atoms with E-state index >= 15 is 0 Å². The molecule has 156 valence electrons. The van der Waals surface area contributed by atoms with Gasteiger partial charge in [0.1, 0.15) is 0 Å². The Morgan fingerprint density at radius 2 is 2.10 bits per heavy atom. The lowest BCUT2D eigenvalue weighted by Gasteiger charge is -2.35. The summed E-state index contributed by atoms with van der Waals surface area (Å²) in [7, 11) is 3.63. The van der Waals surface area contributed by atoms with E-state index in [1.54, 1.807) is 21.9 Å². The van der Waals surface area contributed by atoms with E-state index in [4.69, 9.17) is 0 Å². The van der Waals surface area contributed by atoms with Crippen LogP contribution in [0.4, 0.5) is 14.6 Å². The van der Waals surface area contributed by atoms with Crippen molar-refractivity contribution in [2.45, 2.75) is 31.2 Å². The predicted octanol–water partition coefficient (Wildman–Crippen LogP) is 1.90. The van der Waals surface area contributed by atoms with Crippen LogP contribution in [-0.4, -0.2) is 65.1 Å². The lowest BCUT2D eigenvalue weighted by Crippen LogP contribution is -2.51. The van der Waals surface area contributed by atoms with Crippen molar-refractivity contribution < 1.29 is 18.4 Å². The van der Waals surface area contributed by atoms with Gasteiger partial charge in [-0.15, -0.1) is 21.5 Å². The summed E-state index contributed by atoms with van der Waals surface area (Å²) in [6, 6.07) is 2.89. The molecule has 11 heteroatoms. The number of likely N-dealkylation sites (tertiary alicyclic amines) is 1. The zero-order valence-electron chi connectivity index (χ0n) is 16.1. The number of hydrogen-bond donors (Lipinski definition) is 1. The van der Waals surface area contributed by atoms with Crippen molar-refractivity contribution >= 4 is 29.0 Å². The van der Waals surface area contributed by atoms with Gasteiger partial charge in [0.25, 0.3) is 11.8 Å². The van der Waals surface area contributed by atoms with Crippen molar-refractivity contribution in [2.75, 3.05) is 32.1 Å². The summed E-state index contributed by atoms with van der Waals surface area (Å²) in [5.41, 5.74) is 0.182. The Morgan fingerprint density at radius 3 is 2.72 bits per heavy atom. The third-order valence-corrected chi connectivity index (χ3v) is 5.54. The highest BCUT2D eigenvalue weighted by Crippen LogP contribution is 2.29. The minimum Gasteiger partial charge on any atom is -0.361 e. The van der Waals surface area contributed by atoms with Gasteiger partial charge in [0.2, 0.25) is 0 Å². The van der Waals surface area contributed by atoms with Crippen LogP contribution in [0, 0.1) is 0 Å². The van der Waals surface area contributed by atoms with Crippen molar-refractivity contribution in [3.05, 3.63) is 34.4 Å². The molecule has 1 aliphatic heterocycles.